The van der Waals surface area contributed by atoms with Crippen molar-refractivity contribution in [2.75, 3.05) is 0 Å². The Kier molecular flexibility index (Phi) is 4.57. The van der Waals surface area contributed by atoms with Crippen molar-refractivity contribution >= 4 is 27.5 Å². The van der Waals surface area contributed by atoms with E-state index in [0.717, 1.165) is 5.56 Å². The van der Waals surface area contributed by atoms with Gasteiger partial charge in [-0.3, -0.25) is 9.78 Å². The Morgan fingerprint density at radius 2 is 1.95 bits per heavy atom. The van der Waals surface area contributed by atoms with E-state index in [0.29, 0.717) is 15.7 Å². The molecule has 0 radical (unpaired) electrons. The van der Waals surface area contributed by atoms with Crippen LogP contribution in [0.1, 0.15) is 22.8 Å². The van der Waals surface area contributed by atoms with Crippen LogP contribution < -0.4 is 5.43 Å². The van der Waals surface area contributed by atoms with Crippen molar-refractivity contribution in [2.24, 2.45) is 5.10 Å². The van der Waals surface area contributed by atoms with Gasteiger partial charge in [-0.15, -0.1) is 0 Å². The van der Waals surface area contributed by atoms with Crippen LogP contribution in [0.15, 0.2) is 52.3 Å². The first-order valence-corrected chi connectivity index (χ1v) is 6.56. The smallest absolute Gasteiger partial charge is 0.267 e. The quantitative estimate of drug-likeness (QED) is 0.692. The third-order valence-corrected chi connectivity index (χ3v) is 2.99. The number of aromatic nitrogens is 1. The minimum absolute atomic E-state index is 0.314. The molecule has 0 aliphatic rings. The summed E-state index contributed by atoms with van der Waals surface area (Å²) in [5.41, 5.74) is 4.15. The number of pyridine rings is 1. The highest BCUT2D eigenvalue weighted by atomic mass is 79.9. The molecule has 0 unspecified atom stereocenters. The van der Waals surface area contributed by atoms with Gasteiger partial charge in [0.15, 0.2) is 0 Å². The van der Waals surface area contributed by atoms with Gasteiger partial charge in [0.1, 0.15) is 5.82 Å². The third-order valence-electron chi connectivity index (χ3n) is 2.55. The maximum absolute atomic E-state index is 12.8. The average molecular weight is 336 g/mol. The molecule has 1 aromatic heterocycles. The van der Waals surface area contributed by atoms with Crippen LogP contribution in [-0.2, 0) is 0 Å². The van der Waals surface area contributed by atoms with E-state index in [1.54, 1.807) is 31.3 Å². The number of amides is 1. The topological polar surface area (TPSA) is 54.4 Å². The van der Waals surface area contributed by atoms with E-state index in [4.69, 9.17) is 0 Å². The Morgan fingerprint density at radius 3 is 2.60 bits per heavy atom. The zero-order chi connectivity index (χ0) is 14.5. The number of halogens is 2. The molecule has 6 heteroatoms. The molecule has 20 heavy (non-hydrogen) atoms. The fourth-order valence-electron chi connectivity index (χ4n) is 1.49. The molecule has 2 aromatic rings. The van der Waals surface area contributed by atoms with Crippen LogP contribution in [0, 0.1) is 5.82 Å². The normalized spacial score (nSPS) is 11.2. The summed E-state index contributed by atoms with van der Waals surface area (Å²) < 4.78 is 13.5. The minimum atomic E-state index is -0.361. The van der Waals surface area contributed by atoms with Crippen molar-refractivity contribution in [1.82, 2.24) is 10.4 Å². The fraction of sp³-hybridized carbons (Fsp3) is 0.0714. The second-order valence-corrected chi connectivity index (χ2v) is 4.95. The zero-order valence-corrected chi connectivity index (χ0v) is 12.2. The van der Waals surface area contributed by atoms with E-state index in [2.05, 4.69) is 31.4 Å². The zero-order valence-electron chi connectivity index (χ0n) is 10.6. The van der Waals surface area contributed by atoms with Gasteiger partial charge in [-0.1, -0.05) is 12.1 Å². The number of hydrogen-bond acceptors (Lipinski definition) is 3. The Morgan fingerprint density at radius 1 is 1.25 bits per heavy atom. The largest absolute Gasteiger partial charge is 0.272 e. The fourth-order valence-corrected chi connectivity index (χ4v) is 1.86. The minimum Gasteiger partial charge on any atom is -0.267 e. The van der Waals surface area contributed by atoms with E-state index >= 15 is 0 Å². The number of nitrogens with one attached hydrogen (secondary N) is 1. The van der Waals surface area contributed by atoms with Crippen molar-refractivity contribution < 1.29 is 9.18 Å². The van der Waals surface area contributed by atoms with Gasteiger partial charge < -0.3 is 0 Å². The lowest BCUT2D eigenvalue weighted by molar-refractivity contribution is 0.0954. The molecule has 0 spiro atoms. The number of nitrogens with zero attached hydrogens (tertiary/aromatic N) is 2. The summed E-state index contributed by atoms with van der Waals surface area (Å²) >= 11 is 3.24. The molecular weight excluding hydrogens is 325 g/mol. The highest BCUT2D eigenvalue weighted by Gasteiger charge is 2.06. The van der Waals surface area contributed by atoms with E-state index in [9.17, 15) is 9.18 Å². The molecule has 0 saturated carbocycles. The van der Waals surface area contributed by atoms with Gasteiger partial charge in [0.2, 0.25) is 0 Å². The lowest BCUT2D eigenvalue weighted by Gasteiger charge is -2.03. The summed E-state index contributed by atoms with van der Waals surface area (Å²) in [6.07, 6.45) is 3.03. The molecule has 2 rings (SSSR count). The molecule has 0 aliphatic heterocycles. The Balaban J connectivity index is 2.08. The number of rotatable bonds is 3. The predicted octanol–water partition coefficient (Wildman–Crippen LogP) is 3.14. The molecule has 4 nitrogen and oxygen atoms in total. The molecule has 0 bridgehead atoms. The summed E-state index contributed by atoms with van der Waals surface area (Å²) in [6, 6.07) is 7.52. The summed E-state index contributed by atoms with van der Waals surface area (Å²) in [5.74, 6) is -0.675. The van der Waals surface area contributed by atoms with E-state index in [1.807, 2.05) is 0 Å². The Bertz CT molecular complexity index is 656. The number of benzene rings is 1. The molecule has 0 atom stereocenters. The van der Waals surface area contributed by atoms with Gasteiger partial charge >= 0.3 is 0 Å². The molecule has 0 aliphatic carbocycles. The van der Waals surface area contributed by atoms with Crippen molar-refractivity contribution in [3.63, 3.8) is 0 Å². The summed E-state index contributed by atoms with van der Waals surface area (Å²) in [5, 5.41) is 3.98. The second kappa shape index (κ2) is 6.38. The molecule has 1 heterocycles. The van der Waals surface area contributed by atoms with Crippen LogP contribution in [0.4, 0.5) is 4.39 Å². The second-order valence-electron chi connectivity index (χ2n) is 4.04. The molecule has 1 amide bonds. The van der Waals surface area contributed by atoms with Crippen molar-refractivity contribution in [2.45, 2.75) is 6.92 Å². The number of hydrogen-bond donors (Lipinski definition) is 1. The standard InChI is InChI=1S/C14H11BrFN3O/c1-9(10-2-4-13(16)5-3-10)18-19-14(20)11-6-12(15)8-17-7-11/h2-8H,1H3,(H,19,20)/b18-9-. The van der Waals surface area contributed by atoms with Crippen LogP contribution in [0.3, 0.4) is 0 Å². The van der Waals surface area contributed by atoms with Crippen molar-refractivity contribution in [3.05, 3.63) is 64.1 Å². The van der Waals surface area contributed by atoms with E-state index in [1.165, 1.54) is 18.3 Å². The Labute approximate surface area is 123 Å². The van der Waals surface area contributed by atoms with E-state index in [-0.39, 0.29) is 11.7 Å². The highest BCUT2D eigenvalue weighted by molar-refractivity contribution is 9.10. The highest BCUT2D eigenvalue weighted by Crippen LogP contribution is 2.09. The van der Waals surface area contributed by atoms with Gasteiger partial charge in [0.25, 0.3) is 5.91 Å². The summed E-state index contributed by atoms with van der Waals surface area (Å²) in [4.78, 5) is 15.8. The third kappa shape index (κ3) is 3.71. The average Bonchev–Trinajstić information content (AvgIpc) is 2.45. The van der Waals surface area contributed by atoms with E-state index < -0.39 is 0 Å². The molecule has 0 fully saturated rings. The molecular formula is C14H11BrFN3O. The maximum atomic E-state index is 12.8. The van der Waals surface area contributed by atoms with Gasteiger partial charge in [-0.2, -0.15) is 5.10 Å². The van der Waals surface area contributed by atoms with Crippen molar-refractivity contribution in [3.8, 4) is 0 Å². The van der Waals surface area contributed by atoms with Crippen LogP contribution in [0.2, 0.25) is 0 Å². The van der Waals surface area contributed by atoms with Gasteiger partial charge in [-0.05, 0) is 46.6 Å². The van der Waals surface area contributed by atoms with Crippen molar-refractivity contribution in [1.29, 1.82) is 0 Å². The predicted molar refractivity (Wildman–Crippen MR) is 78.0 cm³/mol. The summed E-state index contributed by atoms with van der Waals surface area (Å²) in [6.45, 7) is 1.73. The SMILES string of the molecule is C/C(=N/NC(=O)c1cncc(Br)c1)c1ccc(F)cc1. The molecule has 1 N–H and O–H groups in total. The van der Waals surface area contributed by atoms with Crippen LogP contribution in [0.5, 0.6) is 0 Å². The van der Waals surface area contributed by atoms with Gasteiger partial charge in [0.05, 0.1) is 11.3 Å². The Hall–Kier alpha value is -2.08. The first-order chi connectivity index (χ1) is 9.56. The van der Waals surface area contributed by atoms with Crippen LogP contribution >= 0.6 is 15.9 Å². The first-order valence-electron chi connectivity index (χ1n) is 5.77. The first kappa shape index (κ1) is 14.3. The number of carbonyl (C=O) groups is 1. The summed E-state index contributed by atoms with van der Waals surface area (Å²) in [7, 11) is 0. The van der Waals surface area contributed by atoms with Gasteiger partial charge in [0, 0.05) is 16.9 Å². The monoisotopic (exact) mass is 335 g/mol. The molecule has 102 valence electrons. The molecule has 0 saturated heterocycles. The van der Waals surface area contributed by atoms with Crippen LogP contribution in [-0.4, -0.2) is 16.6 Å². The number of carbonyl (C=O) groups excluding carboxylic acids is 1. The maximum Gasteiger partial charge on any atom is 0.272 e. The van der Waals surface area contributed by atoms with Gasteiger partial charge in [-0.25, -0.2) is 9.82 Å². The molecule has 1 aromatic carbocycles. The van der Waals surface area contributed by atoms with Crippen LogP contribution in [0.25, 0.3) is 0 Å². The lowest BCUT2D eigenvalue weighted by atomic mass is 10.1. The lowest BCUT2D eigenvalue weighted by Crippen LogP contribution is -2.19. The number of hydrazone groups is 1.